The number of rotatable bonds is 7. The Labute approximate surface area is 97.9 Å². The first-order chi connectivity index (χ1) is 7.18. The predicted molar refractivity (Wildman–Crippen MR) is 69.6 cm³/mol. The van der Waals surface area contributed by atoms with Crippen LogP contribution in [0.1, 0.15) is 38.5 Å². The summed E-state index contributed by atoms with van der Waals surface area (Å²) in [4.78, 5) is 1.53. The van der Waals surface area contributed by atoms with Crippen molar-refractivity contribution in [3.63, 3.8) is 0 Å². The van der Waals surface area contributed by atoms with Crippen molar-refractivity contribution < 1.29 is 0 Å². The molecule has 86 valence electrons. The van der Waals surface area contributed by atoms with Crippen molar-refractivity contribution >= 4 is 11.3 Å². The summed E-state index contributed by atoms with van der Waals surface area (Å²) in [6.07, 6.45) is 3.87. The SMILES string of the molecule is CC(CCNC(C)C)CCc1cccs1. The van der Waals surface area contributed by atoms with E-state index in [4.69, 9.17) is 0 Å². The van der Waals surface area contributed by atoms with Gasteiger partial charge in [-0.1, -0.05) is 26.8 Å². The molecule has 0 radical (unpaired) electrons. The van der Waals surface area contributed by atoms with Gasteiger partial charge in [0.15, 0.2) is 0 Å². The summed E-state index contributed by atoms with van der Waals surface area (Å²) in [5, 5.41) is 5.64. The molecule has 0 aliphatic rings. The van der Waals surface area contributed by atoms with Crippen LogP contribution in [0.3, 0.4) is 0 Å². The molecular weight excluding hydrogens is 202 g/mol. The Morgan fingerprint density at radius 3 is 2.67 bits per heavy atom. The van der Waals surface area contributed by atoms with Crippen molar-refractivity contribution in [2.75, 3.05) is 6.54 Å². The number of hydrogen-bond donors (Lipinski definition) is 1. The molecule has 2 heteroatoms. The zero-order chi connectivity index (χ0) is 11.1. The van der Waals surface area contributed by atoms with Gasteiger partial charge in [0, 0.05) is 10.9 Å². The molecule has 0 amide bonds. The zero-order valence-corrected chi connectivity index (χ0v) is 10.9. The fourth-order valence-electron chi connectivity index (χ4n) is 1.61. The quantitative estimate of drug-likeness (QED) is 0.746. The second kappa shape index (κ2) is 7.02. The summed E-state index contributed by atoms with van der Waals surface area (Å²) in [6.45, 7) is 7.92. The first-order valence-electron chi connectivity index (χ1n) is 5.94. The van der Waals surface area contributed by atoms with Crippen molar-refractivity contribution in [1.82, 2.24) is 5.32 Å². The van der Waals surface area contributed by atoms with Crippen LogP contribution in [-0.2, 0) is 6.42 Å². The van der Waals surface area contributed by atoms with Crippen LogP contribution in [0.4, 0.5) is 0 Å². The van der Waals surface area contributed by atoms with E-state index >= 15 is 0 Å². The monoisotopic (exact) mass is 225 g/mol. The molecule has 0 aliphatic heterocycles. The van der Waals surface area contributed by atoms with Crippen molar-refractivity contribution in [3.8, 4) is 0 Å². The average Bonchev–Trinajstić information content (AvgIpc) is 2.66. The lowest BCUT2D eigenvalue weighted by Gasteiger charge is -2.13. The van der Waals surface area contributed by atoms with Crippen LogP contribution in [-0.4, -0.2) is 12.6 Å². The van der Waals surface area contributed by atoms with E-state index in [0.717, 1.165) is 12.5 Å². The molecule has 1 nitrogen and oxygen atoms in total. The Hall–Kier alpha value is -0.340. The topological polar surface area (TPSA) is 12.0 Å². The molecule has 0 aliphatic carbocycles. The molecular formula is C13H23NS. The average molecular weight is 225 g/mol. The number of aryl methyl sites for hydroxylation is 1. The molecule has 1 unspecified atom stereocenters. The zero-order valence-electron chi connectivity index (χ0n) is 10.1. The largest absolute Gasteiger partial charge is 0.315 e. The molecule has 0 bridgehead atoms. The molecule has 1 aromatic rings. The van der Waals surface area contributed by atoms with Gasteiger partial charge in [0.1, 0.15) is 0 Å². The van der Waals surface area contributed by atoms with E-state index in [-0.39, 0.29) is 0 Å². The Morgan fingerprint density at radius 2 is 2.07 bits per heavy atom. The normalized spacial score (nSPS) is 13.3. The van der Waals surface area contributed by atoms with Gasteiger partial charge in [0.05, 0.1) is 0 Å². The highest BCUT2D eigenvalue weighted by Gasteiger charge is 2.03. The Balaban J connectivity index is 2.06. The van der Waals surface area contributed by atoms with Crippen LogP contribution in [0.25, 0.3) is 0 Å². The Bertz CT molecular complexity index is 241. The van der Waals surface area contributed by atoms with Crippen molar-refractivity contribution in [2.45, 2.75) is 46.1 Å². The highest BCUT2D eigenvalue weighted by molar-refractivity contribution is 7.09. The molecule has 1 atom stereocenters. The molecule has 1 heterocycles. The summed E-state index contributed by atoms with van der Waals surface area (Å²) < 4.78 is 0. The van der Waals surface area contributed by atoms with Crippen LogP contribution in [0.2, 0.25) is 0 Å². The van der Waals surface area contributed by atoms with Gasteiger partial charge >= 0.3 is 0 Å². The predicted octanol–water partition coefficient (Wildman–Crippen LogP) is 3.70. The Kier molecular flexibility index (Phi) is 5.96. The second-order valence-electron chi connectivity index (χ2n) is 4.62. The summed E-state index contributed by atoms with van der Waals surface area (Å²) in [7, 11) is 0. The maximum atomic E-state index is 3.47. The molecule has 1 aromatic heterocycles. The van der Waals surface area contributed by atoms with Gasteiger partial charge in [0.25, 0.3) is 0 Å². The minimum absolute atomic E-state index is 0.620. The fraction of sp³-hybridized carbons (Fsp3) is 0.692. The molecule has 0 saturated heterocycles. The molecule has 0 aromatic carbocycles. The van der Waals surface area contributed by atoms with Gasteiger partial charge in [-0.3, -0.25) is 0 Å². The third-order valence-corrected chi connectivity index (χ3v) is 3.59. The maximum Gasteiger partial charge on any atom is 0.00453 e. The third-order valence-electron chi connectivity index (χ3n) is 2.65. The van der Waals surface area contributed by atoms with Gasteiger partial charge in [-0.15, -0.1) is 11.3 Å². The smallest absolute Gasteiger partial charge is 0.00453 e. The Morgan fingerprint density at radius 1 is 1.27 bits per heavy atom. The van der Waals surface area contributed by atoms with Crippen molar-refractivity contribution in [3.05, 3.63) is 22.4 Å². The molecule has 0 saturated carbocycles. The lowest BCUT2D eigenvalue weighted by atomic mass is 10.0. The number of hydrogen-bond acceptors (Lipinski definition) is 2. The van der Waals surface area contributed by atoms with Crippen LogP contribution in [0.15, 0.2) is 17.5 Å². The summed E-state index contributed by atoms with van der Waals surface area (Å²) in [6, 6.07) is 5.00. The van der Waals surface area contributed by atoms with E-state index in [0.29, 0.717) is 6.04 Å². The van der Waals surface area contributed by atoms with E-state index in [1.807, 2.05) is 11.3 Å². The highest BCUT2D eigenvalue weighted by Crippen LogP contribution is 2.16. The lowest BCUT2D eigenvalue weighted by Crippen LogP contribution is -2.24. The molecule has 1 N–H and O–H groups in total. The number of nitrogens with one attached hydrogen (secondary N) is 1. The molecule has 0 fully saturated rings. The van der Waals surface area contributed by atoms with Gasteiger partial charge in [-0.25, -0.2) is 0 Å². The first-order valence-corrected chi connectivity index (χ1v) is 6.82. The van der Waals surface area contributed by atoms with Crippen molar-refractivity contribution in [1.29, 1.82) is 0 Å². The lowest BCUT2D eigenvalue weighted by molar-refractivity contribution is 0.455. The minimum atomic E-state index is 0.620. The second-order valence-corrected chi connectivity index (χ2v) is 5.65. The van der Waals surface area contributed by atoms with Gasteiger partial charge in [-0.2, -0.15) is 0 Å². The molecule has 0 spiro atoms. The van der Waals surface area contributed by atoms with Crippen LogP contribution < -0.4 is 5.32 Å². The van der Waals surface area contributed by atoms with Gasteiger partial charge in [-0.05, 0) is 43.2 Å². The van der Waals surface area contributed by atoms with Gasteiger partial charge in [0.2, 0.25) is 0 Å². The summed E-state index contributed by atoms with van der Waals surface area (Å²) in [5.41, 5.74) is 0. The first kappa shape index (κ1) is 12.7. The van der Waals surface area contributed by atoms with Crippen LogP contribution in [0, 0.1) is 5.92 Å². The van der Waals surface area contributed by atoms with Crippen LogP contribution >= 0.6 is 11.3 Å². The highest BCUT2D eigenvalue weighted by atomic mass is 32.1. The molecule has 1 rings (SSSR count). The van der Waals surface area contributed by atoms with Gasteiger partial charge < -0.3 is 5.32 Å². The van der Waals surface area contributed by atoms with E-state index < -0.39 is 0 Å². The summed E-state index contributed by atoms with van der Waals surface area (Å²) in [5.74, 6) is 0.832. The maximum absolute atomic E-state index is 3.47. The number of thiophene rings is 1. The molecule has 15 heavy (non-hydrogen) atoms. The van der Waals surface area contributed by atoms with E-state index in [1.165, 1.54) is 24.1 Å². The standard InChI is InChI=1S/C13H23NS/c1-11(2)14-9-8-12(3)6-7-13-5-4-10-15-13/h4-5,10-12,14H,6-9H2,1-3H3. The van der Waals surface area contributed by atoms with Crippen molar-refractivity contribution in [2.24, 2.45) is 5.92 Å². The van der Waals surface area contributed by atoms with E-state index in [2.05, 4.69) is 43.6 Å². The third kappa shape index (κ3) is 5.95. The van der Waals surface area contributed by atoms with E-state index in [9.17, 15) is 0 Å². The minimum Gasteiger partial charge on any atom is -0.315 e. The summed E-state index contributed by atoms with van der Waals surface area (Å²) >= 11 is 1.88. The fourth-order valence-corrected chi connectivity index (χ4v) is 2.33. The van der Waals surface area contributed by atoms with E-state index in [1.54, 1.807) is 0 Å². The van der Waals surface area contributed by atoms with Crippen LogP contribution in [0.5, 0.6) is 0 Å².